The first-order chi connectivity index (χ1) is 12.6. The summed E-state index contributed by atoms with van der Waals surface area (Å²) in [7, 11) is 0. The fourth-order valence-electron chi connectivity index (χ4n) is 3.39. The molecular weight excluding hydrogens is 357 g/mol. The highest BCUT2D eigenvalue weighted by Crippen LogP contribution is 2.42. The number of rotatable bonds is 3. The molecule has 2 aromatic rings. The average molecular weight is 376 g/mol. The van der Waals surface area contributed by atoms with Crippen LogP contribution in [0.5, 0.6) is 0 Å². The van der Waals surface area contributed by atoms with E-state index in [1.807, 2.05) is 27.7 Å². The van der Waals surface area contributed by atoms with Gasteiger partial charge in [-0.2, -0.15) is 0 Å². The molecule has 0 spiro atoms. The molecule has 0 aliphatic carbocycles. The van der Waals surface area contributed by atoms with Crippen molar-refractivity contribution in [3.63, 3.8) is 0 Å². The summed E-state index contributed by atoms with van der Waals surface area (Å²) >= 11 is 0. The number of nitrogen functional groups attached to an aromatic ring is 1. The van der Waals surface area contributed by atoms with Gasteiger partial charge >= 0.3 is 0 Å². The molecule has 0 saturated heterocycles. The van der Waals surface area contributed by atoms with E-state index in [1.54, 1.807) is 18.2 Å². The molecule has 2 amide bonds. The van der Waals surface area contributed by atoms with Crippen molar-refractivity contribution in [1.82, 2.24) is 0 Å². The molecule has 1 heterocycles. The molecule has 142 valence electrons. The maximum absolute atomic E-state index is 14.3. The van der Waals surface area contributed by atoms with Crippen LogP contribution in [0.25, 0.3) is 0 Å². The van der Waals surface area contributed by atoms with Crippen LogP contribution in [0.1, 0.15) is 71.4 Å². The number of amides is 2. The summed E-state index contributed by atoms with van der Waals surface area (Å²) < 4.78 is 42.0. The van der Waals surface area contributed by atoms with E-state index in [9.17, 15) is 22.8 Å². The zero-order valence-electron chi connectivity index (χ0n) is 15.4. The first-order valence-corrected chi connectivity index (χ1v) is 8.57. The Labute approximate surface area is 154 Å². The quantitative estimate of drug-likeness (QED) is 0.478. The Bertz CT molecular complexity index is 911. The highest BCUT2D eigenvalue weighted by Gasteiger charge is 2.45. The minimum absolute atomic E-state index is 0.0568. The first kappa shape index (κ1) is 18.9. The molecule has 1 aliphatic heterocycles. The fraction of sp³-hybridized carbons (Fsp3) is 0.300. The Morgan fingerprint density at radius 2 is 1.30 bits per heavy atom. The van der Waals surface area contributed by atoms with E-state index in [0.717, 1.165) is 4.90 Å². The normalized spacial score (nSPS) is 13.9. The molecule has 2 aromatic carbocycles. The van der Waals surface area contributed by atoms with Gasteiger partial charge in [0.05, 0.1) is 22.5 Å². The molecule has 0 bridgehead atoms. The van der Waals surface area contributed by atoms with Crippen LogP contribution >= 0.6 is 0 Å². The Morgan fingerprint density at radius 1 is 0.815 bits per heavy atom. The van der Waals surface area contributed by atoms with Gasteiger partial charge in [-0.15, -0.1) is 0 Å². The number of benzene rings is 2. The summed E-state index contributed by atoms with van der Waals surface area (Å²) in [6.45, 7) is 7.54. The van der Waals surface area contributed by atoms with E-state index >= 15 is 0 Å². The van der Waals surface area contributed by atoms with Crippen molar-refractivity contribution in [2.24, 2.45) is 0 Å². The lowest BCUT2D eigenvalue weighted by molar-refractivity contribution is 0.0924. The largest absolute Gasteiger partial charge is 0.396 e. The monoisotopic (exact) mass is 376 g/mol. The third-order valence-electron chi connectivity index (χ3n) is 4.76. The van der Waals surface area contributed by atoms with E-state index in [0.29, 0.717) is 16.8 Å². The van der Waals surface area contributed by atoms with Crippen molar-refractivity contribution in [1.29, 1.82) is 0 Å². The molecule has 1 aliphatic rings. The van der Waals surface area contributed by atoms with Crippen LogP contribution in [0.15, 0.2) is 18.2 Å². The zero-order chi connectivity index (χ0) is 20.2. The maximum Gasteiger partial charge on any atom is 0.269 e. The van der Waals surface area contributed by atoms with Gasteiger partial charge in [0.15, 0.2) is 17.5 Å². The zero-order valence-corrected chi connectivity index (χ0v) is 15.4. The predicted octanol–water partition coefficient (Wildman–Crippen LogP) is 4.73. The minimum Gasteiger partial charge on any atom is -0.396 e. The summed E-state index contributed by atoms with van der Waals surface area (Å²) in [6.07, 6.45) is 0. The second-order valence-corrected chi connectivity index (χ2v) is 7.15. The molecular formula is C20H19F3N2O2. The van der Waals surface area contributed by atoms with Crippen molar-refractivity contribution < 1.29 is 22.8 Å². The topological polar surface area (TPSA) is 63.4 Å². The van der Waals surface area contributed by atoms with Crippen LogP contribution in [0.4, 0.5) is 24.5 Å². The standard InChI is InChI=1S/C20H19F3N2O2/c1-8(2)10-6-5-7-11(9(3)4)18(10)25-19(26)12-13(20(25)27)17(24)16(23)15(22)14(12)21/h5-9H,24H2,1-4H3. The lowest BCUT2D eigenvalue weighted by Crippen LogP contribution is -2.32. The molecule has 7 heteroatoms. The van der Waals surface area contributed by atoms with Gasteiger partial charge in [0.25, 0.3) is 11.8 Å². The third-order valence-corrected chi connectivity index (χ3v) is 4.76. The van der Waals surface area contributed by atoms with Crippen LogP contribution in [0, 0.1) is 17.5 Å². The number of imide groups is 1. The second-order valence-electron chi connectivity index (χ2n) is 7.15. The van der Waals surface area contributed by atoms with Crippen molar-refractivity contribution in [2.75, 3.05) is 10.6 Å². The van der Waals surface area contributed by atoms with Crippen molar-refractivity contribution in [3.8, 4) is 0 Å². The highest BCUT2D eigenvalue weighted by atomic mass is 19.2. The van der Waals surface area contributed by atoms with E-state index in [-0.39, 0.29) is 11.8 Å². The molecule has 0 unspecified atom stereocenters. The number of nitrogens with two attached hydrogens (primary N) is 1. The Hall–Kier alpha value is -2.83. The average Bonchev–Trinajstić information content (AvgIpc) is 2.87. The van der Waals surface area contributed by atoms with Crippen LogP contribution in [0.3, 0.4) is 0 Å². The number of nitrogens with zero attached hydrogens (tertiary/aromatic N) is 1. The number of carbonyl (C=O) groups excluding carboxylic acids is 2. The van der Waals surface area contributed by atoms with E-state index < -0.39 is 46.1 Å². The van der Waals surface area contributed by atoms with Gasteiger partial charge in [-0.05, 0) is 23.0 Å². The summed E-state index contributed by atoms with van der Waals surface area (Å²) in [5.74, 6) is -7.36. The van der Waals surface area contributed by atoms with Gasteiger partial charge in [-0.3, -0.25) is 9.59 Å². The van der Waals surface area contributed by atoms with Gasteiger partial charge in [0.2, 0.25) is 0 Å². The Morgan fingerprint density at radius 3 is 1.78 bits per heavy atom. The first-order valence-electron chi connectivity index (χ1n) is 8.57. The lowest BCUT2D eigenvalue weighted by Gasteiger charge is -2.25. The Kier molecular flexibility index (Phi) is 4.49. The van der Waals surface area contributed by atoms with E-state index in [2.05, 4.69) is 0 Å². The summed E-state index contributed by atoms with van der Waals surface area (Å²) in [5.41, 5.74) is 4.88. The molecule has 0 atom stereocenters. The number of carbonyl (C=O) groups is 2. The molecule has 27 heavy (non-hydrogen) atoms. The molecule has 0 fully saturated rings. The van der Waals surface area contributed by atoms with Crippen LogP contribution < -0.4 is 10.6 Å². The number of para-hydroxylation sites is 1. The van der Waals surface area contributed by atoms with Crippen LogP contribution in [-0.4, -0.2) is 11.8 Å². The van der Waals surface area contributed by atoms with Crippen LogP contribution in [-0.2, 0) is 0 Å². The van der Waals surface area contributed by atoms with Gasteiger partial charge < -0.3 is 5.73 Å². The predicted molar refractivity (Wildman–Crippen MR) is 96.5 cm³/mol. The lowest BCUT2D eigenvalue weighted by atomic mass is 9.92. The molecule has 0 saturated carbocycles. The maximum atomic E-state index is 14.3. The smallest absolute Gasteiger partial charge is 0.269 e. The molecule has 4 nitrogen and oxygen atoms in total. The minimum atomic E-state index is -1.87. The Balaban J connectivity index is 2.34. The van der Waals surface area contributed by atoms with Gasteiger partial charge in [-0.25, -0.2) is 18.1 Å². The van der Waals surface area contributed by atoms with Gasteiger partial charge in [0.1, 0.15) is 0 Å². The molecule has 2 N–H and O–H groups in total. The second kappa shape index (κ2) is 6.40. The van der Waals surface area contributed by atoms with Gasteiger partial charge in [-0.1, -0.05) is 45.9 Å². The summed E-state index contributed by atoms with van der Waals surface area (Å²) in [5, 5.41) is 0. The van der Waals surface area contributed by atoms with E-state index in [4.69, 9.17) is 5.73 Å². The molecule has 0 radical (unpaired) electrons. The third kappa shape index (κ3) is 2.60. The van der Waals surface area contributed by atoms with Crippen molar-refractivity contribution >= 4 is 23.2 Å². The summed E-state index contributed by atoms with van der Waals surface area (Å²) in [6, 6.07) is 5.33. The number of halogens is 3. The molecule has 3 rings (SSSR count). The van der Waals surface area contributed by atoms with Crippen molar-refractivity contribution in [2.45, 2.75) is 39.5 Å². The van der Waals surface area contributed by atoms with Gasteiger partial charge in [0, 0.05) is 0 Å². The summed E-state index contributed by atoms with van der Waals surface area (Å²) in [4.78, 5) is 26.7. The highest BCUT2D eigenvalue weighted by molar-refractivity contribution is 6.36. The van der Waals surface area contributed by atoms with Crippen molar-refractivity contribution in [3.05, 3.63) is 57.9 Å². The van der Waals surface area contributed by atoms with E-state index in [1.165, 1.54) is 0 Å². The number of hydrogen-bond donors (Lipinski definition) is 1. The number of hydrogen-bond acceptors (Lipinski definition) is 3. The fourth-order valence-corrected chi connectivity index (χ4v) is 3.39. The number of fused-ring (bicyclic) bond motifs is 1. The molecule has 0 aromatic heterocycles. The van der Waals surface area contributed by atoms with Crippen LogP contribution in [0.2, 0.25) is 0 Å². The number of anilines is 2. The SMILES string of the molecule is CC(C)c1cccc(C(C)C)c1N1C(=O)c2c(N)c(F)c(F)c(F)c2C1=O.